The molecular weight excluding hydrogens is 548 g/mol. The number of aryl methyl sites for hydroxylation is 1. The largest absolute Gasteiger partial charge is 0.462 e. The van der Waals surface area contributed by atoms with Crippen molar-refractivity contribution in [2.45, 2.75) is 26.3 Å². The van der Waals surface area contributed by atoms with Gasteiger partial charge in [0.2, 0.25) is 5.91 Å². The van der Waals surface area contributed by atoms with E-state index in [1.807, 2.05) is 37.3 Å². The summed E-state index contributed by atoms with van der Waals surface area (Å²) in [6.45, 7) is 3.70. The van der Waals surface area contributed by atoms with E-state index in [4.69, 9.17) is 16.3 Å². The Morgan fingerprint density at radius 2 is 1.52 bits per heavy atom. The number of anilines is 1. The van der Waals surface area contributed by atoms with Crippen LogP contribution in [0.15, 0.2) is 78.9 Å². The zero-order valence-electron chi connectivity index (χ0n) is 21.8. The van der Waals surface area contributed by atoms with Crippen molar-refractivity contribution in [1.82, 2.24) is 4.90 Å². The lowest BCUT2D eigenvalue weighted by molar-refractivity contribution is -0.119. The first-order valence-corrected chi connectivity index (χ1v) is 13.9. The number of nitrogens with zero attached hydrogens (tertiary/aromatic N) is 1. The van der Waals surface area contributed by atoms with Crippen molar-refractivity contribution in [3.8, 4) is 11.1 Å². The van der Waals surface area contributed by atoms with Gasteiger partial charge in [0.05, 0.1) is 17.7 Å². The van der Waals surface area contributed by atoms with Crippen LogP contribution in [0.2, 0.25) is 5.02 Å². The molecule has 1 aliphatic rings. The Balaban J connectivity index is 1.55. The molecule has 2 heterocycles. The second-order valence-corrected chi connectivity index (χ2v) is 10.8. The average Bonchev–Trinajstić information content (AvgIpc) is 3.41. The molecule has 40 heavy (non-hydrogen) atoms. The maximum atomic E-state index is 14.0. The van der Waals surface area contributed by atoms with E-state index in [0.29, 0.717) is 10.6 Å². The van der Waals surface area contributed by atoms with E-state index < -0.39 is 29.7 Å². The van der Waals surface area contributed by atoms with Crippen LogP contribution >= 0.6 is 22.9 Å². The number of imide groups is 1. The minimum absolute atomic E-state index is 0.0985. The predicted octanol–water partition coefficient (Wildman–Crippen LogP) is 6.40. The first kappa shape index (κ1) is 27.3. The molecule has 9 heteroatoms. The maximum Gasteiger partial charge on any atom is 0.341 e. The van der Waals surface area contributed by atoms with Crippen molar-refractivity contribution in [2.75, 3.05) is 11.9 Å². The van der Waals surface area contributed by atoms with Gasteiger partial charge in [-0.1, -0.05) is 66.2 Å². The number of fused-ring (bicyclic) bond motifs is 1. The highest BCUT2D eigenvalue weighted by atomic mass is 35.5. The number of carbonyl (C=O) groups is 4. The topological polar surface area (TPSA) is 92.8 Å². The third-order valence-electron chi connectivity index (χ3n) is 6.65. The van der Waals surface area contributed by atoms with Crippen LogP contribution in [0, 0.1) is 6.92 Å². The van der Waals surface area contributed by atoms with Crippen molar-refractivity contribution in [2.24, 2.45) is 0 Å². The molecule has 0 aliphatic carbocycles. The van der Waals surface area contributed by atoms with Crippen molar-refractivity contribution in [1.29, 1.82) is 0 Å². The number of hydrogen-bond donors (Lipinski definition) is 1. The SMILES string of the molecule is CCOC(=O)c1c(NC(=O)C(Cc2ccccc2)N2C(=O)c3ccccc3C2=O)sc(C)c1-c1ccc(Cl)cc1. The van der Waals surface area contributed by atoms with Crippen LogP contribution in [-0.2, 0) is 16.0 Å². The normalized spacial score (nSPS) is 13.2. The van der Waals surface area contributed by atoms with Gasteiger partial charge in [0.25, 0.3) is 11.8 Å². The number of nitrogens with one attached hydrogen (secondary N) is 1. The molecule has 202 valence electrons. The molecule has 0 radical (unpaired) electrons. The maximum absolute atomic E-state index is 14.0. The van der Waals surface area contributed by atoms with Gasteiger partial charge in [0.15, 0.2) is 0 Å². The Kier molecular flexibility index (Phi) is 7.82. The number of rotatable bonds is 8. The van der Waals surface area contributed by atoms with E-state index in [1.54, 1.807) is 55.5 Å². The standard InChI is InChI=1S/C31H25ClN2O5S/c1-3-39-31(38)26-25(20-13-15-21(32)16-14-20)18(2)40-28(26)33-27(35)24(17-19-9-5-4-6-10-19)34-29(36)22-11-7-8-12-23(22)30(34)37/h4-16,24H,3,17H2,1-2H3,(H,33,35). The van der Waals surface area contributed by atoms with Crippen LogP contribution in [0.25, 0.3) is 11.1 Å². The van der Waals surface area contributed by atoms with Crippen molar-refractivity contribution >= 4 is 51.6 Å². The Morgan fingerprint density at radius 3 is 2.12 bits per heavy atom. The third-order valence-corrected chi connectivity index (χ3v) is 7.92. The summed E-state index contributed by atoms with van der Waals surface area (Å²) in [4.78, 5) is 55.7. The summed E-state index contributed by atoms with van der Waals surface area (Å²) < 4.78 is 5.35. The molecule has 1 atom stereocenters. The van der Waals surface area contributed by atoms with Crippen LogP contribution in [0.3, 0.4) is 0 Å². The van der Waals surface area contributed by atoms with E-state index in [2.05, 4.69) is 5.32 Å². The lowest BCUT2D eigenvalue weighted by Gasteiger charge is -2.25. The molecule has 1 unspecified atom stereocenters. The highest BCUT2D eigenvalue weighted by molar-refractivity contribution is 7.17. The van der Waals surface area contributed by atoms with Gasteiger partial charge in [-0.25, -0.2) is 4.79 Å². The lowest BCUT2D eigenvalue weighted by atomic mass is 10.0. The molecule has 1 aromatic heterocycles. The lowest BCUT2D eigenvalue weighted by Crippen LogP contribution is -2.48. The van der Waals surface area contributed by atoms with Crippen molar-refractivity contribution < 1.29 is 23.9 Å². The van der Waals surface area contributed by atoms with Crippen LogP contribution in [-0.4, -0.2) is 41.2 Å². The summed E-state index contributed by atoms with van der Waals surface area (Å²) in [7, 11) is 0. The van der Waals surface area contributed by atoms with Gasteiger partial charge in [-0.05, 0) is 49.2 Å². The predicted molar refractivity (Wildman–Crippen MR) is 155 cm³/mol. The smallest absolute Gasteiger partial charge is 0.341 e. The highest BCUT2D eigenvalue weighted by Crippen LogP contribution is 2.41. The van der Waals surface area contributed by atoms with Crippen LogP contribution in [0.5, 0.6) is 0 Å². The Morgan fingerprint density at radius 1 is 0.925 bits per heavy atom. The van der Waals surface area contributed by atoms with Crippen LogP contribution in [0.1, 0.15) is 48.4 Å². The molecule has 1 aliphatic heterocycles. The summed E-state index contributed by atoms with van der Waals surface area (Å²) in [5.41, 5.74) is 2.85. The van der Waals surface area contributed by atoms with Gasteiger partial charge in [-0.15, -0.1) is 11.3 Å². The Labute approximate surface area is 240 Å². The second kappa shape index (κ2) is 11.5. The molecule has 0 fully saturated rings. The number of esters is 1. The van der Waals surface area contributed by atoms with Gasteiger partial charge < -0.3 is 10.1 Å². The number of ether oxygens (including phenoxy) is 1. The van der Waals surface area contributed by atoms with Crippen molar-refractivity contribution in [3.05, 3.63) is 111 Å². The number of benzene rings is 3. The number of thiophene rings is 1. The summed E-state index contributed by atoms with van der Waals surface area (Å²) >= 11 is 7.30. The quantitative estimate of drug-likeness (QED) is 0.195. The fraction of sp³-hybridized carbons (Fsp3) is 0.161. The molecule has 3 amide bonds. The molecule has 3 aromatic carbocycles. The van der Waals surface area contributed by atoms with E-state index in [0.717, 1.165) is 20.9 Å². The van der Waals surface area contributed by atoms with E-state index >= 15 is 0 Å². The highest BCUT2D eigenvalue weighted by Gasteiger charge is 2.43. The van der Waals surface area contributed by atoms with Gasteiger partial charge in [0, 0.05) is 21.9 Å². The molecule has 0 bridgehead atoms. The van der Waals surface area contributed by atoms with Gasteiger partial charge in [0.1, 0.15) is 16.6 Å². The number of halogens is 1. The number of amides is 3. The monoisotopic (exact) mass is 572 g/mol. The van der Waals surface area contributed by atoms with Gasteiger partial charge in [-0.3, -0.25) is 19.3 Å². The third kappa shape index (κ3) is 5.15. The molecule has 5 rings (SSSR count). The summed E-state index contributed by atoms with van der Waals surface area (Å²) in [5.74, 6) is -2.25. The van der Waals surface area contributed by atoms with E-state index in [9.17, 15) is 19.2 Å². The van der Waals surface area contributed by atoms with Crippen molar-refractivity contribution in [3.63, 3.8) is 0 Å². The van der Waals surface area contributed by atoms with E-state index in [1.165, 1.54) is 11.3 Å². The van der Waals surface area contributed by atoms with Gasteiger partial charge in [-0.2, -0.15) is 0 Å². The Bertz CT molecular complexity index is 1580. The first-order chi connectivity index (χ1) is 19.3. The molecular formula is C31H25ClN2O5S. The first-order valence-electron chi connectivity index (χ1n) is 12.7. The summed E-state index contributed by atoms with van der Waals surface area (Å²) in [6.07, 6.45) is 0.0985. The molecule has 0 saturated carbocycles. The fourth-order valence-corrected chi connectivity index (χ4v) is 6.01. The summed E-state index contributed by atoms with van der Waals surface area (Å²) in [6, 6.07) is 21.5. The molecule has 7 nitrogen and oxygen atoms in total. The minimum Gasteiger partial charge on any atom is -0.462 e. The van der Waals surface area contributed by atoms with Crippen LogP contribution in [0.4, 0.5) is 5.00 Å². The van der Waals surface area contributed by atoms with Gasteiger partial charge >= 0.3 is 5.97 Å². The average molecular weight is 573 g/mol. The van der Waals surface area contributed by atoms with E-state index in [-0.39, 0.29) is 34.7 Å². The minimum atomic E-state index is -1.16. The number of carbonyl (C=O) groups excluding carboxylic acids is 4. The molecule has 4 aromatic rings. The zero-order valence-corrected chi connectivity index (χ0v) is 23.3. The molecule has 0 saturated heterocycles. The van der Waals surface area contributed by atoms with Crippen LogP contribution < -0.4 is 5.32 Å². The fourth-order valence-electron chi connectivity index (χ4n) is 4.82. The summed E-state index contributed by atoms with van der Waals surface area (Å²) in [5, 5.41) is 3.69. The zero-order chi connectivity index (χ0) is 28.4. The Hall–Kier alpha value is -4.27. The second-order valence-electron chi connectivity index (χ2n) is 9.19. The molecule has 0 spiro atoms. The number of hydrogen-bond acceptors (Lipinski definition) is 6. The molecule has 1 N–H and O–H groups in total.